The van der Waals surface area contributed by atoms with Gasteiger partial charge >= 0.3 is 0 Å². The molecule has 0 amide bonds. The molecule has 0 spiro atoms. The van der Waals surface area contributed by atoms with Gasteiger partial charge in [0, 0.05) is 16.7 Å². The second-order valence-electron chi connectivity index (χ2n) is 4.56. The van der Waals surface area contributed by atoms with Gasteiger partial charge in [-0.1, -0.05) is 6.92 Å². The van der Waals surface area contributed by atoms with Crippen molar-refractivity contribution in [3.8, 4) is 0 Å². The molecule has 17 heavy (non-hydrogen) atoms. The fourth-order valence-electron chi connectivity index (χ4n) is 2.12. The fourth-order valence-corrected chi connectivity index (χ4v) is 4.08. The highest BCUT2D eigenvalue weighted by molar-refractivity contribution is 14.1. The Hall–Kier alpha value is -0.140. The number of nitrogens with zero attached hydrogens (tertiary/aromatic N) is 1. The topological polar surface area (TPSA) is 37.4 Å². The van der Waals surface area contributed by atoms with Crippen molar-refractivity contribution in [3.63, 3.8) is 0 Å². The van der Waals surface area contributed by atoms with Gasteiger partial charge in [0.1, 0.15) is 0 Å². The maximum atomic E-state index is 12.4. The van der Waals surface area contributed by atoms with E-state index >= 15 is 0 Å². The number of benzene rings is 1. The minimum Gasteiger partial charge on any atom is -0.207 e. The van der Waals surface area contributed by atoms with Gasteiger partial charge in [-0.2, -0.15) is 4.31 Å². The van der Waals surface area contributed by atoms with Crippen LogP contribution >= 0.6 is 22.6 Å². The highest BCUT2D eigenvalue weighted by atomic mass is 127. The third kappa shape index (κ3) is 3.00. The molecule has 1 aromatic rings. The SMILES string of the molecule is C[C@H]1CCCN(S(=O)(=O)c2ccc(I)cc2)C1. The van der Waals surface area contributed by atoms with E-state index in [0.717, 1.165) is 16.4 Å². The van der Waals surface area contributed by atoms with Crippen LogP contribution in [-0.2, 0) is 10.0 Å². The van der Waals surface area contributed by atoms with Gasteiger partial charge in [-0.3, -0.25) is 0 Å². The lowest BCUT2D eigenvalue weighted by Crippen LogP contribution is -2.39. The molecule has 0 aliphatic carbocycles. The summed E-state index contributed by atoms with van der Waals surface area (Å²) in [5.74, 6) is 0.461. The van der Waals surface area contributed by atoms with Crippen molar-refractivity contribution in [1.29, 1.82) is 0 Å². The van der Waals surface area contributed by atoms with Gasteiger partial charge in [0.2, 0.25) is 10.0 Å². The zero-order chi connectivity index (χ0) is 12.5. The Kier molecular flexibility index (Phi) is 4.10. The number of sulfonamides is 1. The summed E-state index contributed by atoms with van der Waals surface area (Å²) in [4.78, 5) is 0.409. The third-order valence-electron chi connectivity index (χ3n) is 3.07. The van der Waals surface area contributed by atoms with Crippen molar-refractivity contribution >= 4 is 32.6 Å². The molecule has 0 radical (unpaired) electrons. The maximum absolute atomic E-state index is 12.4. The van der Waals surface area contributed by atoms with Gasteiger partial charge in [0.05, 0.1) is 4.90 Å². The van der Waals surface area contributed by atoms with E-state index in [0.29, 0.717) is 23.9 Å². The van der Waals surface area contributed by atoms with Gasteiger partial charge in [-0.25, -0.2) is 8.42 Å². The predicted octanol–water partition coefficient (Wildman–Crippen LogP) is 2.71. The van der Waals surface area contributed by atoms with E-state index < -0.39 is 10.0 Å². The molecule has 0 bridgehead atoms. The summed E-state index contributed by atoms with van der Waals surface area (Å²) in [6.07, 6.45) is 2.09. The number of hydrogen-bond donors (Lipinski definition) is 0. The Morgan fingerprint density at radius 1 is 1.29 bits per heavy atom. The van der Waals surface area contributed by atoms with Crippen LogP contribution in [0.25, 0.3) is 0 Å². The molecule has 1 aliphatic rings. The zero-order valence-corrected chi connectivity index (χ0v) is 12.7. The molecule has 0 saturated carbocycles. The minimum atomic E-state index is -3.28. The number of halogens is 1. The standard InChI is InChI=1S/C12H16INO2S/c1-10-3-2-8-14(9-10)17(15,16)12-6-4-11(13)5-7-12/h4-7,10H,2-3,8-9H2,1H3/t10-/m0/s1. The molecular weight excluding hydrogens is 349 g/mol. The number of hydrogen-bond acceptors (Lipinski definition) is 2. The number of rotatable bonds is 2. The Labute approximate surface area is 116 Å². The summed E-state index contributed by atoms with van der Waals surface area (Å²) >= 11 is 2.17. The van der Waals surface area contributed by atoms with Crippen molar-refractivity contribution in [2.45, 2.75) is 24.7 Å². The molecule has 1 atom stereocenters. The second-order valence-corrected chi connectivity index (χ2v) is 7.75. The zero-order valence-electron chi connectivity index (χ0n) is 9.77. The summed E-state index contributed by atoms with van der Waals surface area (Å²) in [5, 5.41) is 0. The molecule has 94 valence electrons. The molecule has 5 heteroatoms. The molecule has 1 aliphatic heterocycles. The second kappa shape index (κ2) is 5.24. The first-order valence-electron chi connectivity index (χ1n) is 5.76. The Morgan fingerprint density at radius 2 is 1.94 bits per heavy atom. The first kappa shape index (κ1) is 13.3. The normalized spacial score (nSPS) is 22.6. The Bertz CT molecular complexity index is 484. The smallest absolute Gasteiger partial charge is 0.207 e. The molecule has 0 N–H and O–H groups in total. The molecule has 2 rings (SSSR count). The van der Waals surface area contributed by atoms with E-state index in [1.54, 1.807) is 16.4 Å². The molecule has 1 saturated heterocycles. The van der Waals surface area contributed by atoms with Crippen LogP contribution in [0.3, 0.4) is 0 Å². The van der Waals surface area contributed by atoms with Crippen LogP contribution < -0.4 is 0 Å². The highest BCUT2D eigenvalue weighted by Crippen LogP contribution is 2.23. The van der Waals surface area contributed by atoms with Crippen molar-refractivity contribution < 1.29 is 8.42 Å². The van der Waals surface area contributed by atoms with Gasteiger partial charge < -0.3 is 0 Å². The molecule has 1 heterocycles. The quantitative estimate of drug-likeness (QED) is 0.756. The molecule has 1 aromatic carbocycles. The maximum Gasteiger partial charge on any atom is 0.243 e. The molecule has 3 nitrogen and oxygen atoms in total. The first-order chi connectivity index (χ1) is 8.00. The summed E-state index contributed by atoms with van der Waals surface area (Å²) in [6.45, 7) is 3.41. The highest BCUT2D eigenvalue weighted by Gasteiger charge is 2.28. The van der Waals surface area contributed by atoms with Crippen LogP contribution in [0.15, 0.2) is 29.2 Å². The van der Waals surface area contributed by atoms with Gasteiger partial charge in [0.15, 0.2) is 0 Å². The summed E-state index contributed by atoms with van der Waals surface area (Å²) in [7, 11) is -3.28. The summed E-state index contributed by atoms with van der Waals surface area (Å²) in [5.41, 5.74) is 0. The molecular formula is C12H16INO2S. The Balaban J connectivity index is 2.26. The van der Waals surface area contributed by atoms with Crippen LogP contribution in [0, 0.1) is 9.49 Å². The average Bonchev–Trinajstić information content (AvgIpc) is 2.29. The minimum absolute atomic E-state index is 0.409. The van der Waals surface area contributed by atoms with E-state index in [1.807, 2.05) is 12.1 Å². The van der Waals surface area contributed by atoms with E-state index in [4.69, 9.17) is 0 Å². The summed E-state index contributed by atoms with van der Waals surface area (Å²) < 4.78 is 27.4. The fraction of sp³-hybridized carbons (Fsp3) is 0.500. The van der Waals surface area contributed by atoms with Crippen LogP contribution in [0.4, 0.5) is 0 Å². The van der Waals surface area contributed by atoms with Crippen molar-refractivity contribution in [2.75, 3.05) is 13.1 Å². The van der Waals surface area contributed by atoms with E-state index in [1.165, 1.54) is 0 Å². The lowest BCUT2D eigenvalue weighted by molar-refractivity contribution is 0.281. The molecule has 0 unspecified atom stereocenters. The number of piperidine rings is 1. The van der Waals surface area contributed by atoms with Crippen molar-refractivity contribution in [3.05, 3.63) is 27.8 Å². The van der Waals surface area contributed by atoms with E-state index in [2.05, 4.69) is 29.5 Å². The van der Waals surface area contributed by atoms with Crippen LogP contribution in [0.2, 0.25) is 0 Å². The lowest BCUT2D eigenvalue weighted by atomic mass is 10.0. The van der Waals surface area contributed by atoms with E-state index in [9.17, 15) is 8.42 Å². The summed E-state index contributed by atoms with van der Waals surface area (Å²) in [6, 6.07) is 7.05. The van der Waals surface area contributed by atoms with Crippen LogP contribution in [-0.4, -0.2) is 25.8 Å². The van der Waals surface area contributed by atoms with Crippen molar-refractivity contribution in [1.82, 2.24) is 4.31 Å². The average molecular weight is 365 g/mol. The molecule has 1 fully saturated rings. The Morgan fingerprint density at radius 3 is 2.53 bits per heavy atom. The van der Waals surface area contributed by atoms with Crippen LogP contribution in [0.5, 0.6) is 0 Å². The van der Waals surface area contributed by atoms with Gasteiger partial charge in [0.25, 0.3) is 0 Å². The first-order valence-corrected chi connectivity index (χ1v) is 8.28. The lowest BCUT2D eigenvalue weighted by Gasteiger charge is -2.30. The molecule has 0 aromatic heterocycles. The van der Waals surface area contributed by atoms with Crippen LogP contribution in [0.1, 0.15) is 19.8 Å². The van der Waals surface area contributed by atoms with Gasteiger partial charge in [-0.05, 0) is 65.6 Å². The predicted molar refractivity (Wildman–Crippen MR) is 76.3 cm³/mol. The monoisotopic (exact) mass is 365 g/mol. The third-order valence-corrected chi connectivity index (χ3v) is 5.67. The van der Waals surface area contributed by atoms with Crippen molar-refractivity contribution in [2.24, 2.45) is 5.92 Å². The van der Waals surface area contributed by atoms with E-state index in [-0.39, 0.29) is 0 Å². The van der Waals surface area contributed by atoms with Gasteiger partial charge in [-0.15, -0.1) is 0 Å². The largest absolute Gasteiger partial charge is 0.243 e.